The van der Waals surface area contributed by atoms with Crippen molar-refractivity contribution in [3.63, 3.8) is 0 Å². The number of aliphatic imine (C=N–C) groups is 1. The Kier molecular flexibility index (Phi) is 3.26. The Hall–Kier alpha value is -0.900. The van der Waals surface area contributed by atoms with Gasteiger partial charge in [0.25, 0.3) is 0 Å². The van der Waals surface area contributed by atoms with Crippen LogP contribution in [0.2, 0.25) is 0 Å². The lowest BCUT2D eigenvalue weighted by Gasteiger charge is -2.62. The van der Waals surface area contributed by atoms with Crippen molar-refractivity contribution in [3.8, 4) is 0 Å². The predicted molar refractivity (Wildman–Crippen MR) is 69.6 cm³/mol. The Morgan fingerprint density at radius 1 is 1.50 bits per heavy atom. The first kappa shape index (κ1) is 13.5. The molecule has 0 aromatic carbocycles. The van der Waals surface area contributed by atoms with Crippen LogP contribution in [0.4, 0.5) is 0 Å². The van der Waals surface area contributed by atoms with Gasteiger partial charge in [0.05, 0.1) is 6.61 Å². The molecule has 2 bridgehead atoms. The highest BCUT2D eigenvalue weighted by molar-refractivity contribution is 5.95. The molecule has 3 rings (SSSR count). The Morgan fingerprint density at radius 3 is 2.67 bits per heavy atom. The molecule has 1 N–H and O–H groups in total. The third kappa shape index (κ3) is 1.96. The monoisotopic (exact) mass is 253 g/mol. The minimum atomic E-state index is -0.870. The molecule has 0 heterocycles. The molecule has 0 radical (unpaired) electrons. The normalized spacial score (nSPS) is 39.3. The van der Waals surface area contributed by atoms with Gasteiger partial charge in [-0.1, -0.05) is 13.8 Å². The van der Waals surface area contributed by atoms with E-state index in [0.717, 1.165) is 18.6 Å². The fraction of sp³-hybridized carbons (Fsp3) is 0.857. The quantitative estimate of drug-likeness (QED) is 0.780. The number of esters is 1. The first-order valence-electron chi connectivity index (χ1n) is 6.72. The van der Waals surface area contributed by atoms with E-state index in [1.165, 1.54) is 0 Å². The van der Waals surface area contributed by atoms with Crippen molar-refractivity contribution in [1.82, 2.24) is 0 Å². The number of carbonyl (C=O) groups is 1. The van der Waals surface area contributed by atoms with Gasteiger partial charge in [0.2, 0.25) is 0 Å². The minimum Gasteiger partial charge on any atom is -0.465 e. The van der Waals surface area contributed by atoms with Crippen LogP contribution in [0.5, 0.6) is 0 Å². The van der Waals surface area contributed by atoms with Gasteiger partial charge in [-0.3, -0.25) is 9.79 Å². The number of hydrogen-bond donors (Lipinski definition) is 1. The van der Waals surface area contributed by atoms with Crippen molar-refractivity contribution in [2.45, 2.75) is 46.1 Å². The minimum absolute atomic E-state index is 0.0270. The lowest BCUT2D eigenvalue weighted by molar-refractivity contribution is -0.141. The SMILES string of the molecule is CCOC(=O)CN=C1C[C@@H]2C[C@@H](C2(C)C)[C@]1(C)O. The number of ether oxygens (including phenoxy) is 1. The zero-order valence-corrected chi connectivity index (χ0v) is 11.7. The van der Waals surface area contributed by atoms with E-state index in [9.17, 15) is 9.90 Å². The second-order valence-electron chi connectivity index (χ2n) is 6.23. The summed E-state index contributed by atoms with van der Waals surface area (Å²) in [6.45, 7) is 8.43. The molecule has 18 heavy (non-hydrogen) atoms. The van der Waals surface area contributed by atoms with E-state index in [2.05, 4.69) is 18.8 Å². The summed E-state index contributed by atoms with van der Waals surface area (Å²) in [5, 5.41) is 10.6. The third-order valence-corrected chi connectivity index (χ3v) is 4.88. The molecular formula is C14H23NO3. The molecule has 0 spiro atoms. The summed E-state index contributed by atoms with van der Waals surface area (Å²) in [4.78, 5) is 15.6. The summed E-state index contributed by atoms with van der Waals surface area (Å²) in [6.07, 6.45) is 1.87. The molecule has 0 amide bonds. The van der Waals surface area contributed by atoms with E-state index in [0.29, 0.717) is 12.5 Å². The number of carbonyl (C=O) groups excluding carboxylic acids is 1. The van der Waals surface area contributed by atoms with Crippen LogP contribution in [0.1, 0.15) is 40.5 Å². The molecule has 0 aromatic rings. The van der Waals surface area contributed by atoms with Crippen molar-refractivity contribution in [3.05, 3.63) is 0 Å². The highest BCUT2D eigenvalue weighted by Gasteiger charge is 2.61. The van der Waals surface area contributed by atoms with Crippen LogP contribution in [-0.2, 0) is 9.53 Å². The van der Waals surface area contributed by atoms with Crippen molar-refractivity contribution in [2.75, 3.05) is 13.2 Å². The van der Waals surface area contributed by atoms with Crippen molar-refractivity contribution >= 4 is 11.7 Å². The van der Waals surface area contributed by atoms with Crippen LogP contribution >= 0.6 is 0 Å². The van der Waals surface area contributed by atoms with E-state index in [-0.39, 0.29) is 23.8 Å². The van der Waals surface area contributed by atoms with Gasteiger partial charge in [-0.25, -0.2) is 0 Å². The molecule has 3 aliphatic carbocycles. The summed E-state index contributed by atoms with van der Waals surface area (Å²) in [5.74, 6) is 0.521. The van der Waals surface area contributed by atoms with Gasteiger partial charge in [-0.2, -0.15) is 0 Å². The van der Waals surface area contributed by atoms with Crippen LogP contribution in [0.25, 0.3) is 0 Å². The largest absolute Gasteiger partial charge is 0.465 e. The molecular weight excluding hydrogens is 230 g/mol. The van der Waals surface area contributed by atoms with Crippen molar-refractivity contribution < 1.29 is 14.6 Å². The van der Waals surface area contributed by atoms with Gasteiger partial charge < -0.3 is 9.84 Å². The summed E-state index contributed by atoms with van der Waals surface area (Å²) in [7, 11) is 0. The fourth-order valence-electron chi connectivity index (χ4n) is 3.55. The standard InChI is InChI=1S/C14H23NO3/c1-5-18-12(16)8-15-11-7-9-6-10(13(9,2)3)14(11,4)17/h9-10,17H,5-8H2,1-4H3/t9-,10-,14-/m0/s1. The Labute approximate surface area is 108 Å². The smallest absolute Gasteiger partial charge is 0.327 e. The van der Waals surface area contributed by atoms with E-state index >= 15 is 0 Å². The molecule has 4 nitrogen and oxygen atoms in total. The van der Waals surface area contributed by atoms with Gasteiger partial charge in [-0.05, 0) is 43.9 Å². The molecule has 0 aliphatic heterocycles. The topological polar surface area (TPSA) is 58.9 Å². The first-order chi connectivity index (χ1) is 8.30. The van der Waals surface area contributed by atoms with E-state index in [1.807, 2.05) is 6.92 Å². The maximum absolute atomic E-state index is 11.3. The molecule has 3 aliphatic rings. The van der Waals surface area contributed by atoms with Crippen LogP contribution in [0.3, 0.4) is 0 Å². The number of fused-ring (bicyclic) bond motifs is 2. The van der Waals surface area contributed by atoms with Crippen LogP contribution in [-0.4, -0.2) is 35.5 Å². The van der Waals surface area contributed by atoms with Crippen LogP contribution in [0.15, 0.2) is 4.99 Å². The number of aliphatic hydroxyl groups is 1. The third-order valence-electron chi connectivity index (χ3n) is 4.88. The van der Waals surface area contributed by atoms with Gasteiger partial charge in [-0.15, -0.1) is 0 Å². The van der Waals surface area contributed by atoms with Crippen LogP contribution < -0.4 is 0 Å². The maximum atomic E-state index is 11.3. The summed E-state index contributed by atoms with van der Waals surface area (Å²) >= 11 is 0. The number of rotatable bonds is 3. The van der Waals surface area contributed by atoms with Crippen molar-refractivity contribution in [2.24, 2.45) is 22.2 Å². The molecule has 0 aromatic heterocycles. The average Bonchev–Trinajstić information content (AvgIpc) is 2.26. The molecule has 3 atom stereocenters. The predicted octanol–water partition coefficient (Wildman–Crippen LogP) is 1.81. The fourth-order valence-corrected chi connectivity index (χ4v) is 3.55. The second-order valence-corrected chi connectivity index (χ2v) is 6.23. The van der Waals surface area contributed by atoms with Crippen molar-refractivity contribution in [1.29, 1.82) is 0 Å². The van der Waals surface area contributed by atoms with E-state index in [1.54, 1.807) is 6.92 Å². The van der Waals surface area contributed by atoms with Gasteiger partial charge >= 0.3 is 5.97 Å². The number of hydrogen-bond acceptors (Lipinski definition) is 4. The Balaban J connectivity index is 2.08. The molecule has 0 unspecified atom stereocenters. The van der Waals surface area contributed by atoms with Gasteiger partial charge in [0, 0.05) is 5.71 Å². The van der Waals surface area contributed by atoms with Gasteiger partial charge in [0.1, 0.15) is 12.1 Å². The second kappa shape index (κ2) is 4.34. The average molecular weight is 253 g/mol. The molecule has 3 fully saturated rings. The zero-order chi connectivity index (χ0) is 13.6. The van der Waals surface area contributed by atoms with E-state index < -0.39 is 5.60 Å². The van der Waals surface area contributed by atoms with Crippen LogP contribution in [0, 0.1) is 17.3 Å². The molecule has 102 valence electrons. The zero-order valence-electron chi connectivity index (χ0n) is 11.7. The summed E-state index contributed by atoms with van der Waals surface area (Å²) < 4.78 is 4.85. The summed E-state index contributed by atoms with van der Waals surface area (Å²) in [5.41, 5.74) is 0.0909. The first-order valence-corrected chi connectivity index (χ1v) is 6.72. The number of nitrogens with zero attached hydrogens (tertiary/aromatic N) is 1. The highest BCUT2D eigenvalue weighted by atomic mass is 16.5. The lowest BCUT2D eigenvalue weighted by Crippen LogP contribution is -2.64. The maximum Gasteiger partial charge on any atom is 0.327 e. The Bertz CT molecular complexity index is 385. The molecule has 0 saturated heterocycles. The van der Waals surface area contributed by atoms with Gasteiger partial charge in [0.15, 0.2) is 0 Å². The van der Waals surface area contributed by atoms with E-state index in [4.69, 9.17) is 4.74 Å². The Morgan fingerprint density at radius 2 is 2.17 bits per heavy atom. The summed E-state index contributed by atoms with van der Waals surface area (Å²) in [6, 6.07) is 0. The molecule has 4 heteroatoms. The molecule has 3 saturated carbocycles. The lowest BCUT2D eigenvalue weighted by atomic mass is 9.44. The highest BCUT2D eigenvalue weighted by Crippen LogP contribution is 2.61.